The summed E-state index contributed by atoms with van der Waals surface area (Å²) >= 11 is 0. The molecule has 0 aromatic rings. The van der Waals surface area contributed by atoms with Crippen LogP contribution in [0.4, 0.5) is 0 Å². The maximum atomic E-state index is 11.5. The Balaban J connectivity index is 2.39. The molecule has 4 nitrogen and oxygen atoms in total. The third-order valence-corrected chi connectivity index (χ3v) is 3.24. The van der Waals surface area contributed by atoms with E-state index in [0.717, 1.165) is 13.1 Å². The van der Waals surface area contributed by atoms with Crippen LogP contribution in [0.5, 0.6) is 0 Å². The van der Waals surface area contributed by atoms with Crippen LogP contribution in [-0.2, 0) is 9.53 Å². The summed E-state index contributed by atoms with van der Waals surface area (Å²) in [6.07, 6.45) is 3.78. The van der Waals surface area contributed by atoms with Gasteiger partial charge >= 0.3 is 5.97 Å². The highest BCUT2D eigenvalue weighted by molar-refractivity contribution is 5.71. The fourth-order valence-electron chi connectivity index (χ4n) is 2.19. The lowest BCUT2D eigenvalue weighted by molar-refractivity contribution is -0.145. The summed E-state index contributed by atoms with van der Waals surface area (Å²) in [4.78, 5) is 13.7. The first-order valence-corrected chi connectivity index (χ1v) is 6.76. The highest BCUT2D eigenvalue weighted by Crippen LogP contribution is 2.10. The maximum Gasteiger partial charge on any atom is 0.320 e. The van der Waals surface area contributed by atoms with Gasteiger partial charge in [0.25, 0.3) is 0 Å². The van der Waals surface area contributed by atoms with Crippen molar-refractivity contribution in [2.45, 2.75) is 52.1 Å². The van der Waals surface area contributed by atoms with E-state index in [1.807, 2.05) is 6.92 Å². The van der Waals surface area contributed by atoms with Crippen LogP contribution in [-0.4, -0.2) is 49.2 Å². The first-order chi connectivity index (χ1) is 8.13. The minimum atomic E-state index is -0.114. The highest BCUT2D eigenvalue weighted by atomic mass is 16.5. The van der Waals surface area contributed by atoms with E-state index in [1.54, 1.807) is 0 Å². The minimum Gasteiger partial charge on any atom is -0.465 e. The number of esters is 1. The Bertz CT molecular complexity index is 225. The van der Waals surface area contributed by atoms with Crippen LogP contribution in [0, 0.1) is 0 Å². The molecule has 1 fully saturated rings. The Morgan fingerprint density at radius 1 is 1.47 bits per heavy atom. The molecule has 0 saturated carbocycles. The summed E-state index contributed by atoms with van der Waals surface area (Å²) in [5, 5.41) is 3.52. The number of rotatable bonds is 6. The van der Waals surface area contributed by atoms with E-state index in [4.69, 9.17) is 4.74 Å². The normalized spacial score (nSPS) is 20.9. The third-order valence-electron chi connectivity index (χ3n) is 3.24. The van der Waals surface area contributed by atoms with E-state index in [-0.39, 0.29) is 5.97 Å². The molecule has 1 saturated heterocycles. The molecule has 0 aromatic carbocycles. The van der Waals surface area contributed by atoms with Gasteiger partial charge in [-0.15, -0.1) is 0 Å². The molecule has 0 amide bonds. The molecule has 1 aliphatic heterocycles. The lowest BCUT2D eigenvalue weighted by atomic mass is 10.0. The van der Waals surface area contributed by atoms with Crippen LogP contribution < -0.4 is 5.32 Å². The number of nitrogens with zero attached hydrogens (tertiary/aromatic N) is 1. The Morgan fingerprint density at radius 3 is 2.76 bits per heavy atom. The molecule has 17 heavy (non-hydrogen) atoms. The molecule has 0 radical (unpaired) electrons. The number of hydrogen-bond donors (Lipinski definition) is 1. The van der Waals surface area contributed by atoms with Gasteiger partial charge in [0.2, 0.25) is 0 Å². The van der Waals surface area contributed by atoms with Gasteiger partial charge in [-0.05, 0) is 40.2 Å². The number of nitrogens with one attached hydrogen (secondary N) is 1. The van der Waals surface area contributed by atoms with Gasteiger partial charge in [-0.25, -0.2) is 0 Å². The lowest BCUT2D eigenvalue weighted by Crippen LogP contribution is -2.47. The molecule has 1 N–H and O–H groups in total. The zero-order valence-corrected chi connectivity index (χ0v) is 11.4. The summed E-state index contributed by atoms with van der Waals surface area (Å²) in [7, 11) is 0. The molecule has 1 unspecified atom stereocenters. The van der Waals surface area contributed by atoms with Crippen molar-refractivity contribution in [1.29, 1.82) is 0 Å². The van der Waals surface area contributed by atoms with Crippen LogP contribution in [0.2, 0.25) is 0 Å². The Kier molecular flexibility index (Phi) is 6.52. The van der Waals surface area contributed by atoms with Crippen LogP contribution in [0.25, 0.3) is 0 Å². The third kappa shape index (κ3) is 5.50. The summed E-state index contributed by atoms with van der Waals surface area (Å²) in [5.74, 6) is -0.114. The van der Waals surface area contributed by atoms with E-state index in [2.05, 4.69) is 24.1 Å². The topological polar surface area (TPSA) is 41.6 Å². The van der Waals surface area contributed by atoms with Crippen LogP contribution in [0.1, 0.15) is 40.0 Å². The van der Waals surface area contributed by atoms with E-state index in [1.165, 1.54) is 19.3 Å². The number of carbonyl (C=O) groups is 1. The smallest absolute Gasteiger partial charge is 0.320 e. The van der Waals surface area contributed by atoms with Gasteiger partial charge in [-0.3, -0.25) is 9.69 Å². The van der Waals surface area contributed by atoms with E-state index >= 15 is 0 Å². The fourth-order valence-corrected chi connectivity index (χ4v) is 2.19. The molecular weight excluding hydrogens is 216 g/mol. The van der Waals surface area contributed by atoms with E-state index < -0.39 is 0 Å². The Labute approximate surface area is 105 Å². The van der Waals surface area contributed by atoms with E-state index in [0.29, 0.717) is 25.2 Å². The summed E-state index contributed by atoms with van der Waals surface area (Å²) < 4.78 is 5.01. The van der Waals surface area contributed by atoms with Gasteiger partial charge in [0.15, 0.2) is 0 Å². The van der Waals surface area contributed by atoms with Crippen molar-refractivity contribution in [3.63, 3.8) is 0 Å². The molecule has 100 valence electrons. The molecule has 0 bridgehead atoms. The van der Waals surface area contributed by atoms with E-state index in [9.17, 15) is 4.79 Å². The summed E-state index contributed by atoms with van der Waals surface area (Å²) in [6, 6.07) is 0.906. The number of carbonyl (C=O) groups excluding carboxylic acids is 1. The van der Waals surface area contributed by atoms with Crippen LogP contribution >= 0.6 is 0 Å². The zero-order valence-electron chi connectivity index (χ0n) is 11.4. The predicted molar refractivity (Wildman–Crippen MR) is 69.0 cm³/mol. The van der Waals surface area contributed by atoms with Crippen molar-refractivity contribution in [2.24, 2.45) is 0 Å². The molecule has 1 heterocycles. The SMILES string of the molecule is CCOC(=O)CN(CC1CCCCN1)C(C)C. The fraction of sp³-hybridized carbons (Fsp3) is 0.923. The number of hydrogen-bond acceptors (Lipinski definition) is 4. The van der Waals surface area contributed by atoms with Gasteiger partial charge in [0.05, 0.1) is 13.2 Å². The molecule has 1 atom stereocenters. The average Bonchev–Trinajstić information content (AvgIpc) is 2.29. The zero-order chi connectivity index (χ0) is 12.7. The molecule has 0 aliphatic carbocycles. The largest absolute Gasteiger partial charge is 0.465 e. The van der Waals surface area contributed by atoms with Crippen molar-refractivity contribution in [3.8, 4) is 0 Å². The molecule has 1 rings (SSSR count). The molecule has 1 aliphatic rings. The van der Waals surface area contributed by atoms with Gasteiger partial charge in [0.1, 0.15) is 0 Å². The molecule has 4 heteroatoms. The molecule has 0 spiro atoms. The van der Waals surface area contributed by atoms with Gasteiger partial charge in [0, 0.05) is 18.6 Å². The monoisotopic (exact) mass is 242 g/mol. The maximum absolute atomic E-state index is 11.5. The van der Waals surface area contributed by atoms with Crippen molar-refractivity contribution in [3.05, 3.63) is 0 Å². The lowest BCUT2D eigenvalue weighted by Gasteiger charge is -2.32. The van der Waals surface area contributed by atoms with Gasteiger partial charge in [-0.2, -0.15) is 0 Å². The molecular formula is C13H26N2O2. The standard InChI is InChI=1S/C13H26N2O2/c1-4-17-13(16)10-15(11(2)3)9-12-7-5-6-8-14-12/h11-12,14H,4-10H2,1-3H3. The number of piperidine rings is 1. The van der Waals surface area contributed by atoms with Gasteiger partial charge < -0.3 is 10.1 Å². The second-order valence-electron chi connectivity index (χ2n) is 4.98. The summed E-state index contributed by atoms with van der Waals surface area (Å²) in [5.41, 5.74) is 0. The second kappa shape index (κ2) is 7.67. The van der Waals surface area contributed by atoms with Crippen molar-refractivity contribution < 1.29 is 9.53 Å². The first-order valence-electron chi connectivity index (χ1n) is 6.76. The minimum absolute atomic E-state index is 0.114. The first kappa shape index (κ1) is 14.5. The Morgan fingerprint density at radius 2 is 2.24 bits per heavy atom. The number of ether oxygens (including phenoxy) is 1. The quantitative estimate of drug-likeness (QED) is 0.715. The van der Waals surface area contributed by atoms with Crippen LogP contribution in [0.15, 0.2) is 0 Å². The second-order valence-corrected chi connectivity index (χ2v) is 4.98. The highest BCUT2D eigenvalue weighted by Gasteiger charge is 2.20. The molecule has 0 aromatic heterocycles. The average molecular weight is 242 g/mol. The predicted octanol–water partition coefficient (Wildman–Crippen LogP) is 1.40. The van der Waals surface area contributed by atoms with Crippen molar-refractivity contribution >= 4 is 5.97 Å². The van der Waals surface area contributed by atoms with Crippen molar-refractivity contribution in [2.75, 3.05) is 26.2 Å². The summed E-state index contributed by atoms with van der Waals surface area (Å²) in [6.45, 7) is 9.02. The Hall–Kier alpha value is -0.610. The van der Waals surface area contributed by atoms with Crippen molar-refractivity contribution in [1.82, 2.24) is 10.2 Å². The van der Waals surface area contributed by atoms with Crippen LogP contribution in [0.3, 0.4) is 0 Å². The van der Waals surface area contributed by atoms with Gasteiger partial charge in [-0.1, -0.05) is 6.42 Å².